The van der Waals surface area contributed by atoms with Crippen LogP contribution in [0.3, 0.4) is 0 Å². The number of methoxy groups -OCH3 is 1. The third kappa shape index (κ3) is 8.64. The van der Waals surface area contributed by atoms with Crippen LogP contribution in [0.25, 0.3) is 0 Å². The van der Waals surface area contributed by atoms with Crippen molar-refractivity contribution in [3.05, 3.63) is 23.8 Å². The smallest absolute Gasteiger partial charge is 0.122 e. The van der Waals surface area contributed by atoms with Gasteiger partial charge in [0.05, 0.1) is 7.11 Å². The molecule has 0 amide bonds. The zero-order valence-corrected chi connectivity index (χ0v) is 13.9. The Kier molecular flexibility index (Phi) is 9.77. The van der Waals surface area contributed by atoms with E-state index in [9.17, 15) is 5.11 Å². The highest BCUT2D eigenvalue weighted by Gasteiger charge is 2.00. The number of unbranched alkanes of at least 4 members (excludes halogenated alkanes) is 9. The van der Waals surface area contributed by atoms with E-state index < -0.39 is 0 Å². The normalized spacial score (nSPS) is 10.8. The van der Waals surface area contributed by atoms with Gasteiger partial charge in [0.1, 0.15) is 11.5 Å². The molecule has 0 radical (unpaired) electrons. The zero-order chi connectivity index (χ0) is 15.3. The summed E-state index contributed by atoms with van der Waals surface area (Å²) in [6.45, 7) is 2.27. The molecule has 0 unspecified atom stereocenters. The molecule has 2 nitrogen and oxygen atoms in total. The van der Waals surface area contributed by atoms with Gasteiger partial charge in [-0.25, -0.2) is 0 Å². The third-order valence-electron chi connectivity index (χ3n) is 4.01. The summed E-state index contributed by atoms with van der Waals surface area (Å²) in [6.07, 6.45) is 14.6. The molecule has 1 aromatic carbocycles. The lowest BCUT2D eigenvalue weighted by Gasteiger charge is -2.06. The summed E-state index contributed by atoms with van der Waals surface area (Å²) in [5, 5.41) is 9.61. The molecule has 1 rings (SSSR count). The van der Waals surface area contributed by atoms with E-state index in [-0.39, 0.29) is 0 Å². The summed E-state index contributed by atoms with van der Waals surface area (Å²) in [7, 11) is 1.64. The summed E-state index contributed by atoms with van der Waals surface area (Å²) in [5.74, 6) is 1.05. The minimum Gasteiger partial charge on any atom is -0.508 e. The van der Waals surface area contributed by atoms with Crippen LogP contribution in [0, 0.1) is 0 Å². The molecule has 0 aliphatic carbocycles. The van der Waals surface area contributed by atoms with Crippen molar-refractivity contribution in [2.45, 2.75) is 77.6 Å². The molecule has 0 heterocycles. The maximum atomic E-state index is 9.61. The summed E-state index contributed by atoms with van der Waals surface area (Å²) < 4.78 is 5.18. The van der Waals surface area contributed by atoms with Crippen LogP contribution in [0.5, 0.6) is 11.5 Å². The van der Waals surface area contributed by atoms with Crippen molar-refractivity contribution in [1.29, 1.82) is 0 Å². The molecule has 120 valence electrons. The van der Waals surface area contributed by atoms with Crippen LogP contribution < -0.4 is 4.74 Å². The topological polar surface area (TPSA) is 29.5 Å². The Bertz CT molecular complexity index is 374. The number of phenolic OH excluding ortho intramolecular Hbond substituents is 1. The summed E-state index contributed by atoms with van der Waals surface area (Å²) in [5.41, 5.74) is 1.17. The van der Waals surface area contributed by atoms with Crippen molar-refractivity contribution in [3.63, 3.8) is 0 Å². The Morgan fingerprint density at radius 3 is 1.95 bits per heavy atom. The lowest BCUT2D eigenvalue weighted by molar-refractivity contribution is 0.406. The van der Waals surface area contributed by atoms with Crippen molar-refractivity contribution < 1.29 is 9.84 Å². The Hall–Kier alpha value is -1.18. The van der Waals surface area contributed by atoms with Crippen molar-refractivity contribution in [2.24, 2.45) is 0 Å². The van der Waals surface area contributed by atoms with Gasteiger partial charge in [0.25, 0.3) is 0 Å². The van der Waals surface area contributed by atoms with Gasteiger partial charge in [0.15, 0.2) is 0 Å². The van der Waals surface area contributed by atoms with Gasteiger partial charge >= 0.3 is 0 Å². The van der Waals surface area contributed by atoms with E-state index in [2.05, 4.69) is 6.92 Å². The first kappa shape index (κ1) is 17.9. The number of ether oxygens (including phenoxy) is 1. The molecule has 1 N–H and O–H groups in total. The van der Waals surface area contributed by atoms with Crippen molar-refractivity contribution >= 4 is 0 Å². The maximum Gasteiger partial charge on any atom is 0.122 e. The predicted molar refractivity (Wildman–Crippen MR) is 90.2 cm³/mol. The van der Waals surface area contributed by atoms with Crippen molar-refractivity contribution in [3.8, 4) is 11.5 Å². The number of benzene rings is 1. The van der Waals surface area contributed by atoms with Crippen molar-refractivity contribution in [1.82, 2.24) is 0 Å². The lowest BCUT2D eigenvalue weighted by atomic mass is 10.0. The number of aromatic hydroxyl groups is 1. The standard InChI is InChI=1S/C19H32O2/c1-3-4-5-6-7-8-9-10-11-12-13-17-14-18(20)16-19(15-17)21-2/h14-16,20H,3-13H2,1-2H3. The molecular weight excluding hydrogens is 260 g/mol. The summed E-state index contributed by atoms with van der Waals surface area (Å²) >= 11 is 0. The minimum absolute atomic E-state index is 0.302. The molecule has 0 atom stereocenters. The molecule has 0 saturated carbocycles. The van der Waals surface area contributed by atoms with Gasteiger partial charge in [-0.1, -0.05) is 64.7 Å². The van der Waals surface area contributed by atoms with Crippen LogP contribution in [-0.4, -0.2) is 12.2 Å². The first-order valence-electron chi connectivity index (χ1n) is 8.63. The van der Waals surface area contributed by atoms with E-state index >= 15 is 0 Å². The van der Waals surface area contributed by atoms with Gasteiger partial charge < -0.3 is 9.84 Å². The highest BCUT2D eigenvalue weighted by atomic mass is 16.5. The number of phenols is 1. The number of aryl methyl sites for hydroxylation is 1. The second-order valence-electron chi connectivity index (χ2n) is 5.97. The number of hydrogen-bond acceptors (Lipinski definition) is 2. The Morgan fingerprint density at radius 2 is 1.38 bits per heavy atom. The fourth-order valence-corrected chi connectivity index (χ4v) is 2.72. The molecule has 0 bridgehead atoms. The summed E-state index contributed by atoms with van der Waals surface area (Å²) in [6, 6.07) is 5.52. The van der Waals surface area contributed by atoms with Crippen LogP contribution in [0.15, 0.2) is 18.2 Å². The second-order valence-corrected chi connectivity index (χ2v) is 5.97. The summed E-state index contributed by atoms with van der Waals surface area (Å²) in [4.78, 5) is 0. The molecule has 0 fully saturated rings. The number of rotatable bonds is 12. The highest BCUT2D eigenvalue weighted by molar-refractivity contribution is 5.37. The molecule has 1 aromatic rings. The van der Waals surface area contributed by atoms with Crippen molar-refractivity contribution in [2.75, 3.05) is 7.11 Å². The average Bonchev–Trinajstić information content (AvgIpc) is 2.48. The first-order chi connectivity index (χ1) is 10.3. The largest absolute Gasteiger partial charge is 0.508 e. The van der Waals surface area contributed by atoms with E-state index in [1.54, 1.807) is 13.2 Å². The Balaban J connectivity index is 2.03. The van der Waals surface area contributed by atoms with Gasteiger partial charge in [-0.3, -0.25) is 0 Å². The Labute approximate surface area is 130 Å². The van der Waals surface area contributed by atoms with Gasteiger partial charge in [0, 0.05) is 6.07 Å². The number of hydrogen-bond donors (Lipinski definition) is 1. The average molecular weight is 292 g/mol. The molecule has 0 saturated heterocycles. The fraction of sp³-hybridized carbons (Fsp3) is 0.684. The van der Waals surface area contributed by atoms with Crippen LogP contribution in [-0.2, 0) is 6.42 Å². The first-order valence-corrected chi connectivity index (χ1v) is 8.63. The van der Waals surface area contributed by atoms with Crippen LogP contribution in [0.4, 0.5) is 0 Å². The lowest BCUT2D eigenvalue weighted by Crippen LogP contribution is -1.89. The fourth-order valence-electron chi connectivity index (χ4n) is 2.72. The predicted octanol–water partition coefficient (Wildman–Crippen LogP) is 5.86. The minimum atomic E-state index is 0.302. The van der Waals surface area contributed by atoms with Crippen LogP contribution >= 0.6 is 0 Å². The molecule has 2 heteroatoms. The van der Waals surface area contributed by atoms with Crippen LogP contribution in [0.1, 0.15) is 76.7 Å². The molecule has 0 aliphatic rings. The van der Waals surface area contributed by atoms with Gasteiger partial charge in [-0.05, 0) is 30.5 Å². The maximum absolute atomic E-state index is 9.61. The van der Waals surface area contributed by atoms with Gasteiger partial charge in [-0.15, -0.1) is 0 Å². The molecule has 0 aromatic heterocycles. The second kappa shape index (κ2) is 11.5. The van der Waals surface area contributed by atoms with E-state index in [0.29, 0.717) is 5.75 Å². The highest BCUT2D eigenvalue weighted by Crippen LogP contribution is 2.23. The van der Waals surface area contributed by atoms with E-state index in [1.807, 2.05) is 12.1 Å². The van der Waals surface area contributed by atoms with Crippen LogP contribution in [0.2, 0.25) is 0 Å². The van der Waals surface area contributed by atoms with E-state index in [1.165, 1.54) is 69.8 Å². The third-order valence-corrected chi connectivity index (χ3v) is 4.01. The zero-order valence-electron chi connectivity index (χ0n) is 13.9. The molecule has 0 aliphatic heterocycles. The van der Waals surface area contributed by atoms with E-state index in [4.69, 9.17) is 4.74 Å². The van der Waals surface area contributed by atoms with Gasteiger partial charge in [0.2, 0.25) is 0 Å². The Morgan fingerprint density at radius 1 is 0.810 bits per heavy atom. The van der Waals surface area contributed by atoms with Gasteiger partial charge in [-0.2, -0.15) is 0 Å². The van der Waals surface area contributed by atoms with E-state index in [0.717, 1.165) is 12.2 Å². The molecule has 0 spiro atoms. The monoisotopic (exact) mass is 292 g/mol. The molecular formula is C19H32O2. The SMILES string of the molecule is CCCCCCCCCCCCc1cc(O)cc(OC)c1. The molecule has 21 heavy (non-hydrogen) atoms. The quantitative estimate of drug-likeness (QED) is 0.489.